The van der Waals surface area contributed by atoms with Crippen LogP contribution in [0.4, 0.5) is 0 Å². The predicted octanol–water partition coefficient (Wildman–Crippen LogP) is 4.58. The molecule has 1 aliphatic heterocycles. The zero-order valence-electron chi connectivity index (χ0n) is 11.5. The van der Waals surface area contributed by atoms with Crippen LogP contribution in [0.3, 0.4) is 0 Å². The molecule has 0 amide bonds. The first-order chi connectivity index (χ1) is 9.63. The maximum Gasteiger partial charge on any atom is 0.183 e. The fourth-order valence-electron chi connectivity index (χ4n) is 3.70. The van der Waals surface area contributed by atoms with E-state index in [0.717, 1.165) is 38.8 Å². The lowest BCUT2D eigenvalue weighted by atomic mass is 9.86. The van der Waals surface area contributed by atoms with Gasteiger partial charge in [0.15, 0.2) is 5.78 Å². The zero-order chi connectivity index (χ0) is 14.2. The average molecular weight is 312 g/mol. The van der Waals surface area contributed by atoms with Gasteiger partial charge in [0.05, 0.1) is 15.6 Å². The van der Waals surface area contributed by atoms with Crippen molar-refractivity contribution in [2.45, 2.75) is 44.1 Å². The van der Waals surface area contributed by atoms with Gasteiger partial charge in [0.2, 0.25) is 0 Å². The molecule has 1 saturated heterocycles. The summed E-state index contributed by atoms with van der Waals surface area (Å²) in [7, 11) is 0. The van der Waals surface area contributed by atoms with Crippen molar-refractivity contribution in [3.8, 4) is 0 Å². The van der Waals surface area contributed by atoms with Gasteiger partial charge in [-0.2, -0.15) is 0 Å². The third-order valence-electron chi connectivity index (χ3n) is 4.75. The molecule has 2 nitrogen and oxygen atoms in total. The number of hydrogen-bond acceptors (Lipinski definition) is 2. The first kappa shape index (κ1) is 14.4. The molecule has 108 valence electrons. The molecule has 0 bridgehead atoms. The summed E-state index contributed by atoms with van der Waals surface area (Å²) in [5, 5.41) is 0.969. The number of benzene rings is 1. The van der Waals surface area contributed by atoms with Crippen LogP contribution in [0, 0.1) is 0 Å². The Labute approximate surface area is 130 Å². The fourth-order valence-corrected chi connectivity index (χ4v) is 4.00. The molecule has 0 unspecified atom stereocenters. The van der Waals surface area contributed by atoms with Crippen molar-refractivity contribution in [3.05, 3.63) is 33.8 Å². The summed E-state index contributed by atoms with van der Waals surface area (Å²) >= 11 is 12.0. The molecule has 1 aliphatic carbocycles. The van der Waals surface area contributed by atoms with Crippen LogP contribution < -0.4 is 0 Å². The van der Waals surface area contributed by atoms with Gasteiger partial charge in [0.25, 0.3) is 0 Å². The Balaban J connectivity index is 1.94. The minimum Gasteiger partial charge on any atom is -0.292 e. The normalized spacial score (nSPS) is 22.3. The Morgan fingerprint density at radius 2 is 1.65 bits per heavy atom. The van der Waals surface area contributed by atoms with E-state index >= 15 is 0 Å². The van der Waals surface area contributed by atoms with E-state index in [1.165, 1.54) is 12.8 Å². The van der Waals surface area contributed by atoms with Gasteiger partial charge in [-0.05, 0) is 57.0 Å². The SMILES string of the molecule is O=C(c1ccc(Cl)c(Cl)c1)C1(N2CCCC2)CCCC1. The van der Waals surface area contributed by atoms with E-state index in [-0.39, 0.29) is 11.3 Å². The highest BCUT2D eigenvalue weighted by Crippen LogP contribution is 2.40. The quantitative estimate of drug-likeness (QED) is 0.761. The van der Waals surface area contributed by atoms with Gasteiger partial charge in [-0.25, -0.2) is 0 Å². The maximum atomic E-state index is 13.1. The first-order valence-electron chi connectivity index (χ1n) is 7.38. The lowest BCUT2D eigenvalue weighted by Gasteiger charge is -2.37. The molecule has 1 aromatic rings. The number of Topliss-reactive ketones (excluding diaryl/α,β-unsaturated/α-hetero) is 1. The van der Waals surface area contributed by atoms with Crippen molar-refractivity contribution in [2.24, 2.45) is 0 Å². The molecular weight excluding hydrogens is 293 g/mol. The molecule has 0 N–H and O–H groups in total. The maximum absolute atomic E-state index is 13.1. The van der Waals surface area contributed by atoms with E-state index in [0.29, 0.717) is 15.6 Å². The Morgan fingerprint density at radius 3 is 2.25 bits per heavy atom. The topological polar surface area (TPSA) is 20.3 Å². The van der Waals surface area contributed by atoms with Crippen molar-refractivity contribution in [1.82, 2.24) is 4.90 Å². The van der Waals surface area contributed by atoms with Gasteiger partial charge >= 0.3 is 0 Å². The predicted molar refractivity (Wildman–Crippen MR) is 82.8 cm³/mol. The number of rotatable bonds is 3. The fraction of sp³-hybridized carbons (Fsp3) is 0.562. The van der Waals surface area contributed by atoms with E-state index in [9.17, 15) is 4.79 Å². The molecule has 1 heterocycles. The molecule has 3 rings (SSSR count). The van der Waals surface area contributed by atoms with Crippen LogP contribution >= 0.6 is 23.2 Å². The Hall–Kier alpha value is -0.570. The number of carbonyl (C=O) groups excluding carboxylic acids is 1. The summed E-state index contributed by atoms with van der Waals surface area (Å²) in [4.78, 5) is 15.5. The van der Waals surface area contributed by atoms with Crippen molar-refractivity contribution in [2.75, 3.05) is 13.1 Å². The van der Waals surface area contributed by atoms with E-state index < -0.39 is 0 Å². The minimum absolute atomic E-state index is 0.232. The third-order valence-corrected chi connectivity index (χ3v) is 5.49. The third kappa shape index (κ3) is 2.38. The van der Waals surface area contributed by atoms with Gasteiger partial charge in [-0.15, -0.1) is 0 Å². The van der Waals surface area contributed by atoms with E-state index in [2.05, 4.69) is 4.90 Å². The van der Waals surface area contributed by atoms with E-state index in [1.54, 1.807) is 12.1 Å². The standard InChI is InChI=1S/C16H19Cl2NO/c17-13-6-5-12(11-14(13)18)15(20)16(7-1-2-8-16)19-9-3-4-10-19/h5-6,11H,1-4,7-10H2. The Kier molecular flexibility index (Phi) is 4.07. The molecule has 1 saturated carbocycles. The van der Waals surface area contributed by atoms with E-state index in [4.69, 9.17) is 23.2 Å². The van der Waals surface area contributed by atoms with Gasteiger partial charge in [-0.3, -0.25) is 9.69 Å². The van der Waals surface area contributed by atoms with Crippen LogP contribution in [0.1, 0.15) is 48.9 Å². The van der Waals surface area contributed by atoms with Gasteiger partial charge < -0.3 is 0 Å². The van der Waals surface area contributed by atoms with E-state index in [1.807, 2.05) is 6.07 Å². The molecular formula is C16H19Cl2NO. The number of halogens is 2. The molecule has 2 aliphatic rings. The molecule has 4 heteroatoms. The van der Waals surface area contributed by atoms with Crippen LogP contribution in [0.2, 0.25) is 10.0 Å². The van der Waals surface area contributed by atoms with Crippen LogP contribution in [0.15, 0.2) is 18.2 Å². The van der Waals surface area contributed by atoms with Crippen LogP contribution in [-0.2, 0) is 0 Å². The van der Waals surface area contributed by atoms with Crippen molar-refractivity contribution >= 4 is 29.0 Å². The summed E-state index contributed by atoms with van der Waals surface area (Å²) in [6.45, 7) is 2.10. The number of hydrogen-bond donors (Lipinski definition) is 0. The number of nitrogens with zero attached hydrogens (tertiary/aromatic N) is 1. The van der Waals surface area contributed by atoms with Crippen LogP contribution in [0.5, 0.6) is 0 Å². The monoisotopic (exact) mass is 311 g/mol. The molecule has 20 heavy (non-hydrogen) atoms. The highest BCUT2D eigenvalue weighted by Gasteiger charge is 2.46. The second-order valence-corrected chi connectivity index (χ2v) is 6.71. The smallest absolute Gasteiger partial charge is 0.183 e. The lowest BCUT2D eigenvalue weighted by molar-refractivity contribution is 0.0626. The summed E-state index contributed by atoms with van der Waals surface area (Å²) in [5.41, 5.74) is 0.418. The molecule has 0 aromatic heterocycles. The second-order valence-electron chi connectivity index (χ2n) is 5.89. The molecule has 0 atom stereocenters. The van der Waals surface area contributed by atoms with Gasteiger partial charge in [-0.1, -0.05) is 36.0 Å². The first-order valence-corrected chi connectivity index (χ1v) is 8.14. The molecule has 1 aromatic carbocycles. The van der Waals surface area contributed by atoms with Crippen molar-refractivity contribution in [1.29, 1.82) is 0 Å². The van der Waals surface area contributed by atoms with Crippen molar-refractivity contribution in [3.63, 3.8) is 0 Å². The second kappa shape index (κ2) is 5.67. The minimum atomic E-state index is -0.284. The summed E-state index contributed by atoms with van der Waals surface area (Å²) < 4.78 is 0. The van der Waals surface area contributed by atoms with Crippen molar-refractivity contribution < 1.29 is 4.79 Å². The van der Waals surface area contributed by atoms with Crippen LogP contribution in [0.25, 0.3) is 0 Å². The molecule has 0 radical (unpaired) electrons. The number of ketones is 1. The summed E-state index contributed by atoms with van der Waals surface area (Å²) in [5.74, 6) is 0.232. The molecule has 0 spiro atoms. The Bertz CT molecular complexity index is 517. The average Bonchev–Trinajstić information content (AvgIpc) is 3.12. The summed E-state index contributed by atoms with van der Waals surface area (Å²) in [6, 6.07) is 5.26. The number of carbonyl (C=O) groups is 1. The highest BCUT2D eigenvalue weighted by molar-refractivity contribution is 6.42. The van der Waals surface area contributed by atoms with Crippen LogP contribution in [-0.4, -0.2) is 29.3 Å². The summed E-state index contributed by atoms with van der Waals surface area (Å²) in [6.07, 6.45) is 6.65. The Morgan fingerprint density at radius 1 is 1.00 bits per heavy atom. The van der Waals surface area contributed by atoms with Gasteiger partial charge in [0.1, 0.15) is 0 Å². The number of likely N-dealkylation sites (tertiary alicyclic amines) is 1. The highest BCUT2D eigenvalue weighted by atomic mass is 35.5. The molecule has 2 fully saturated rings. The van der Waals surface area contributed by atoms with Gasteiger partial charge in [0, 0.05) is 5.56 Å². The lowest BCUT2D eigenvalue weighted by Crippen LogP contribution is -2.51. The largest absolute Gasteiger partial charge is 0.292 e. The zero-order valence-corrected chi connectivity index (χ0v) is 13.0.